The first-order chi connectivity index (χ1) is 35.2. The molecule has 1 amide bonds. The maximum absolute atomic E-state index is 14.3. The largest absolute Gasteiger partial charge is 0.465 e. The zero-order valence-electron chi connectivity index (χ0n) is 49.1. The molecule has 1 N–H and O–H groups in total. The third-order valence-corrected chi connectivity index (χ3v) is 16.4. The molecule has 1 aliphatic carbocycles. The van der Waals surface area contributed by atoms with Crippen LogP contribution in [-0.2, 0) is 23.9 Å². The van der Waals surface area contributed by atoms with Gasteiger partial charge in [-0.05, 0) is 115 Å². The summed E-state index contributed by atoms with van der Waals surface area (Å²) in [6.45, 7) is 14.3. The third-order valence-electron chi connectivity index (χ3n) is 16.4. The van der Waals surface area contributed by atoms with E-state index in [0.29, 0.717) is 62.3 Å². The van der Waals surface area contributed by atoms with Crippen LogP contribution in [0.3, 0.4) is 0 Å². The Morgan fingerprint density at radius 3 is 1.22 bits per heavy atom. The lowest BCUT2D eigenvalue weighted by Crippen LogP contribution is -2.42. The molecule has 0 aliphatic heterocycles. The zero-order chi connectivity index (χ0) is 52.5. The van der Waals surface area contributed by atoms with Crippen LogP contribution in [0.15, 0.2) is 0 Å². The summed E-state index contributed by atoms with van der Waals surface area (Å²) >= 11 is 0. The standard InChI is InChI=1S/C64H124N2O6/c1-7-12-17-20-21-26-31-38-54-66(62(68)46-39-53-65(6)59-49-51-61(67)52-50-59)60(44-34-27-22-24-29-36-47-63(69)71-55-57(40-15-10-4)42-32-18-13-8-2)45-35-28-23-25-30-37-48-64(70)72-56-58(41-16-11-5)43-33-19-14-9-3/h57-61,67H,7-56H2,1-6H3. The van der Waals surface area contributed by atoms with E-state index >= 15 is 0 Å². The fourth-order valence-electron chi connectivity index (χ4n) is 11.3. The highest BCUT2D eigenvalue weighted by atomic mass is 16.5. The smallest absolute Gasteiger partial charge is 0.305 e. The van der Waals surface area contributed by atoms with Crippen LogP contribution in [0.4, 0.5) is 0 Å². The number of esters is 2. The van der Waals surface area contributed by atoms with Gasteiger partial charge in [0.15, 0.2) is 0 Å². The SMILES string of the molecule is CCCCCCCCCCN(C(=O)CCCN(C)C1CCC(O)CC1)C(CCCCCCCCC(=O)OCC(CCCC)CCCCCC)CCCCCCCCC(=O)OCC(CCCC)CCCCCC. The molecule has 2 unspecified atom stereocenters. The molecule has 0 aromatic carbocycles. The van der Waals surface area contributed by atoms with Gasteiger partial charge in [-0.2, -0.15) is 0 Å². The Hall–Kier alpha value is -1.67. The predicted molar refractivity (Wildman–Crippen MR) is 308 cm³/mol. The summed E-state index contributed by atoms with van der Waals surface area (Å²) in [4.78, 5) is 44.5. The van der Waals surface area contributed by atoms with E-state index < -0.39 is 0 Å². The van der Waals surface area contributed by atoms with Gasteiger partial charge in [-0.25, -0.2) is 0 Å². The maximum atomic E-state index is 14.3. The zero-order valence-corrected chi connectivity index (χ0v) is 49.1. The van der Waals surface area contributed by atoms with Gasteiger partial charge in [-0.1, -0.05) is 221 Å². The molecule has 0 saturated heterocycles. The number of aliphatic hydroxyl groups is 1. The third kappa shape index (κ3) is 39.7. The highest BCUT2D eigenvalue weighted by Gasteiger charge is 2.25. The molecule has 2 atom stereocenters. The monoisotopic (exact) mass is 1020 g/mol. The molecule has 1 rings (SSSR count). The number of carbonyl (C=O) groups is 3. The Labute approximate surface area is 448 Å². The molecule has 0 aromatic rings. The molecular weight excluding hydrogens is 893 g/mol. The second kappa shape index (κ2) is 50.2. The van der Waals surface area contributed by atoms with E-state index in [-0.39, 0.29) is 18.0 Å². The first-order valence-corrected chi connectivity index (χ1v) is 32.2. The lowest BCUT2D eigenvalue weighted by molar-refractivity contribution is -0.146. The quantitative estimate of drug-likeness (QED) is 0.0479. The minimum Gasteiger partial charge on any atom is -0.465 e. The first-order valence-electron chi connectivity index (χ1n) is 32.2. The van der Waals surface area contributed by atoms with Crippen LogP contribution >= 0.6 is 0 Å². The number of unbranched alkanes of at least 4 members (excludes halogenated alkanes) is 25. The molecule has 1 fully saturated rings. The molecule has 8 nitrogen and oxygen atoms in total. The van der Waals surface area contributed by atoms with Crippen LogP contribution in [-0.4, -0.2) is 84.3 Å². The molecule has 0 aromatic heterocycles. The van der Waals surface area contributed by atoms with Crippen molar-refractivity contribution < 1.29 is 29.0 Å². The van der Waals surface area contributed by atoms with Crippen LogP contribution in [0.25, 0.3) is 0 Å². The first kappa shape index (κ1) is 68.3. The van der Waals surface area contributed by atoms with Crippen molar-refractivity contribution in [2.75, 3.05) is 33.4 Å². The molecule has 1 aliphatic rings. The number of amides is 1. The van der Waals surface area contributed by atoms with E-state index in [1.165, 1.54) is 173 Å². The molecule has 1 saturated carbocycles. The van der Waals surface area contributed by atoms with E-state index in [1.54, 1.807) is 0 Å². The van der Waals surface area contributed by atoms with Gasteiger partial charge in [0.1, 0.15) is 0 Å². The normalized spacial score (nSPS) is 16.2. The summed E-state index contributed by atoms with van der Waals surface area (Å²) in [7, 11) is 2.22. The lowest BCUT2D eigenvalue weighted by atomic mass is 9.92. The van der Waals surface area contributed by atoms with Gasteiger partial charge in [0.2, 0.25) is 5.91 Å². The highest BCUT2D eigenvalue weighted by Crippen LogP contribution is 2.26. The average Bonchev–Trinajstić information content (AvgIpc) is 3.38. The van der Waals surface area contributed by atoms with Gasteiger partial charge in [-0.15, -0.1) is 0 Å². The van der Waals surface area contributed by atoms with Crippen LogP contribution in [0, 0.1) is 11.8 Å². The van der Waals surface area contributed by atoms with Gasteiger partial charge < -0.3 is 24.4 Å². The van der Waals surface area contributed by atoms with Crippen LogP contribution in [0.5, 0.6) is 0 Å². The van der Waals surface area contributed by atoms with Crippen molar-refractivity contribution in [3.63, 3.8) is 0 Å². The van der Waals surface area contributed by atoms with Crippen molar-refractivity contribution in [2.45, 2.75) is 348 Å². The molecule has 0 bridgehead atoms. The molecular formula is C64H124N2O6. The number of hydrogen-bond acceptors (Lipinski definition) is 7. The van der Waals surface area contributed by atoms with Crippen molar-refractivity contribution in [2.24, 2.45) is 11.8 Å². The van der Waals surface area contributed by atoms with Crippen LogP contribution in [0.2, 0.25) is 0 Å². The van der Waals surface area contributed by atoms with E-state index in [1.807, 2.05) is 0 Å². The fourth-order valence-corrected chi connectivity index (χ4v) is 11.3. The van der Waals surface area contributed by atoms with Gasteiger partial charge >= 0.3 is 11.9 Å². The fraction of sp³-hybridized carbons (Fsp3) is 0.953. The summed E-state index contributed by atoms with van der Waals surface area (Å²) < 4.78 is 11.6. The number of aliphatic hydroxyl groups excluding tert-OH is 1. The molecule has 0 radical (unpaired) electrons. The van der Waals surface area contributed by atoms with Crippen LogP contribution in [0.1, 0.15) is 330 Å². The molecule has 8 heteroatoms. The number of ether oxygens (including phenoxy) is 2. The van der Waals surface area contributed by atoms with Gasteiger partial charge in [0.05, 0.1) is 19.3 Å². The minimum absolute atomic E-state index is 0.0100. The second-order valence-corrected chi connectivity index (χ2v) is 23.2. The Bertz CT molecular complexity index is 1150. The number of rotatable bonds is 53. The number of hydrogen-bond donors (Lipinski definition) is 1. The maximum Gasteiger partial charge on any atom is 0.305 e. The molecule has 0 spiro atoms. The minimum atomic E-state index is -0.143. The van der Waals surface area contributed by atoms with Crippen molar-refractivity contribution in [1.82, 2.24) is 9.80 Å². The average molecular weight is 1020 g/mol. The van der Waals surface area contributed by atoms with E-state index in [0.717, 1.165) is 116 Å². The lowest BCUT2D eigenvalue weighted by Gasteiger charge is -2.34. The number of nitrogens with zero attached hydrogens (tertiary/aromatic N) is 2. The topological polar surface area (TPSA) is 96.4 Å². The van der Waals surface area contributed by atoms with Crippen LogP contribution < -0.4 is 0 Å². The molecule has 426 valence electrons. The van der Waals surface area contributed by atoms with Gasteiger partial charge in [0, 0.05) is 37.9 Å². The second-order valence-electron chi connectivity index (χ2n) is 23.2. The van der Waals surface area contributed by atoms with Crippen molar-refractivity contribution in [3.8, 4) is 0 Å². The number of carbonyl (C=O) groups excluding carboxylic acids is 3. The Morgan fingerprint density at radius 2 is 0.778 bits per heavy atom. The summed E-state index contributed by atoms with van der Waals surface area (Å²) in [5.74, 6) is 1.37. The Morgan fingerprint density at radius 1 is 0.417 bits per heavy atom. The van der Waals surface area contributed by atoms with Gasteiger partial charge in [0.25, 0.3) is 0 Å². The summed E-state index contributed by atoms with van der Waals surface area (Å²) in [6.07, 6.45) is 51.7. The Kier molecular flexibility index (Phi) is 47.6. The predicted octanol–water partition coefficient (Wildman–Crippen LogP) is 18.2. The summed E-state index contributed by atoms with van der Waals surface area (Å²) in [5, 5.41) is 10.1. The molecule has 72 heavy (non-hydrogen) atoms. The van der Waals surface area contributed by atoms with Crippen molar-refractivity contribution in [1.29, 1.82) is 0 Å². The van der Waals surface area contributed by atoms with Gasteiger partial charge in [-0.3, -0.25) is 14.4 Å². The Balaban J connectivity index is 2.76. The highest BCUT2D eigenvalue weighted by molar-refractivity contribution is 5.76. The van der Waals surface area contributed by atoms with Crippen molar-refractivity contribution in [3.05, 3.63) is 0 Å². The summed E-state index contributed by atoms with van der Waals surface area (Å²) in [5.41, 5.74) is 0. The van der Waals surface area contributed by atoms with Crippen molar-refractivity contribution >= 4 is 17.8 Å². The van der Waals surface area contributed by atoms with E-state index in [2.05, 4.69) is 51.5 Å². The van der Waals surface area contributed by atoms with E-state index in [9.17, 15) is 19.5 Å². The summed E-state index contributed by atoms with van der Waals surface area (Å²) in [6, 6.07) is 0.813. The molecule has 0 heterocycles. The van der Waals surface area contributed by atoms with E-state index in [4.69, 9.17) is 9.47 Å².